The van der Waals surface area contributed by atoms with E-state index in [1.807, 2.05) is 0 Å². The van der Waals surface area contributed by atoms with E-state index in [9.17, 15) is 14.7 Å². The SMILES string of the molecule is O=C(O)c1ccnc2c1CN(C(=O)c1ccc(Cl)cc1)CC2. The highest BCUT2D eigenvalue weighted by Crippen LogP contribution is 2.22. The van der Waals surface area contributed by atoms with Crippen molar-refractivity contribution < 1.29 is 14.7 Å². The van der Waals surface area contributed by atoms with Crippen molar-refractivity contribution >= 4 is 23.5 Å². The minimum Gasteiger partial charge on any atom is -0.478 e. The molecular weight excluding hydrogens is 304 g/mol. The Balaban J connectivity index is 1.89. The Morgan fingerprint density at radius 2 is 1.91 bits per heavy atom. The van der Waals surface area contributed by atoms with Crippen molar-refractivity contribution in [2.24, 2.45) is 0 Å². The van der Waals surface area contributed by atoms with Gasteiger partial charge in [-0.15, -0.1) is 0 Å². The van der Waals surface area contributed by atoms with Crippen LogP contribution in [0.3, 0.4) is 0 Å². The van der Waals surface area contributed by atoms with Crippen LogP contribution in [0.2, 0.25) is 5.02 Å². The molecule has 5 nitrogen and oxygen atoms in total. The quantitative estimate of drug-likeness (QED) is 0.924. The molecule has 0 radical (unpaired) electrons. The fourth-order valence-corrected chi connectivity index (χ4v) is 2.71. The van der Waals surface area contributed by atoms with Crippen LogP contribution in [0.15, 0.2) is 36.5 Å². The smallest absolute Gasteiger partial charge is 0.336 e. The van der Waals surface area contributed by atoms with Gasteiger partial charge in [0, 0.05) is 47.6 Å². The van der Waals surface area contributed by atoms with Crippen molar-refractivity contribution in [1.82, 2.24) is 9.88 Å². The summed E-state index contributed by atoms with van der Waals surface area (Å²) in [5.41, 5.74) is 2.11. The first-order valence-corrected chi connectivity index (χ1v) is 7.19. The first-order chi connectivity index (χ1) is 10.6. The second-order valence-electron chi connectivity index (χ2n) is 5.07. The number of fused-ring (bicyclic) bond motifs is 1. The van der Waals surface area contributed by atoms with E-state index in [-0.39, 0.29) is 18.0 Å². The molecule has 1 aliphatic rings. The van der Waals surface area contributed by atoms with Gasteiger partial charge in [0.1, 0.15) is 0 Å². The summed E-state index contributed by atoms with van der Waals surface area (Å²) in [6.45, 7) is 0.775. The fraction of sp³-hybridized carbons (Fsp3) is 0.188. The molecule has 0 aliphatic carbocycles. The average molecular weight is 317 g/mol. The lowest BCUT2D eigenvalue weighted by molar-refractivity contribution is 0.0676. The van der Waals surface area contributed by atoms with Crippen LogP contribution >= 0.6 is 11.6 Å². The monoisotopic (exact) mass is 316 g/mol. The number of carbonyl (C=O) groups is 2. The maximum Gasteiger partial charge on any atom is 0.336 e. The molecule has 0 saturated carbocycles. The van der Waals surface area contributed by atoms with Crippen molar-refractivity contribution in [2.75, 3.05) is 6.54 Å². The Bertz CT molecular complexity index is 744. The molecule has 6 heteroatoms. The van der Waals surface area contributed by atoms with Crippen LogP contribution in [0.1, 0.15) is 32.0 Å². The predicted molar refractivity (Wildman–Crippen MR) is 81.1 cm³/mol. The summed E-state index contributed by atoms with van der Waals surface area (Å²) in [5, 5.41) is 9.83. The maximum atomic E-state index is 12.5. The van der Waals surface area contributed by atoms with E-state index in [2.05, 4.69) is 4.98 Å². The molecule has 3 rings (SSSR count). The molecule has 2 heterocycles. The topological polar surface area (TPSA) is 70.5 Å². The van der Waals surface area contributed by atoms with Gasteiger partial charge in [0.25, 0.3) is 5.91 Å². The molecule has 1 aromatic heterocycles. The van der Waals surface area contributed by atoms with Gasteiger partial charge < -0.3 is 10.0 Å². The van der Waals surface area contributed by atoms with Gasteiger partial charge in [0.05, 0.1) is 5.56 Å². The summed E-state index contributed by atoms with van der Waals surface area (Å²) < 4.78 is 0. The Morgan fingerprint density at radius 1 is 1.18 bits per heavy atom. The van der Waals surface area contributed by atoms with E-state index < -0.39 is 5.97 Å². The molecule has 0 bridgehead atoms. The van der Waals surface area contributed by atoms with Crippen molar-refractivity contribution in [3.8, 4) is 0 Å². The number of carboxylic acids is 1. The first-order valence-electron chi connectivity index (χ1n) is 6.81. The summed E-state index contributed by atoms with van der Waals surface area (Å²) in [4.78, 5) is 29.7. The molecule has 0 fully saturated rings. The highest BCUT2D eigenvalue weighted by Gasteiger charge is 2.26. The van der Waals surface area contributed by atoms with Crippen LogP contribution < -0.4 is 0 Å². The van der Waals surface area contributed by atoms with E-state index in [1.165, 1.54) is 12.3 Å². The zero-order valence-electron chi connectivity index (χ0n) is 11.6. The van der Waals surface area contributed by atoms with Gasteiger partial charge in [-0.3, -0.25) is 9.78 Å². The Labute approximate surface area is 132 Å². The van der Waals surface area contributed by atoms with Crippen molar-refractivity contribution in [3.63, 3.8) is 0 Å². The average Bonchev–Trinajstić information content (AvgIpc) is 2.53. The van der Waals surface area contributed by atoms with E-state index >= 15 is 0 Å². The summed E-state index contributed by atoms with van der Waals surface area (Å²) in [6, 6.07) is 8.13. The zero-order chi connectivity index (χ0) is 15.7. The van der Waals surface area contributed by atoms with E-state index in [0.29, 0.717) is 29.1 Å². The van der Waals surface area contributed by atoms with Crippen LogP contribution in [0.5, 0.6) is 0 Å². The molecule has 112 valence electrons. The number of pyridine rings is 1. The van der Waals surface area contributed by atoms with Gasteiger partial charge in [-0.05, 0) is 30.3 Å². The van der Waals surface area contributed by atoms with Crippen molar-refractivity contribution in [2.45, 2.75) is 13.0 Å². The number of carboxylic acid groups (broad SMARTS) is 1. The molecule has 0 unspecified atom stereocenters. The number of hydrogen-bond acceptors (Lipinski definition) is 3. The van der Waals surface area contributed by atoms with Crippen molar-refractivity contribution in [1.29, 1.82) is 0 Å². The fourth-order valence-electron chi connectivity index (χ4n) is 2.59. The number of aromatic nitrogens is 1. The normalized spacial score (nSPS) is 13.6. The summed E-state index contributed by atoms with van der Waals surface area (Å²) in [6.07, 6.45) is 2.05. The number of benzene rings is 1. The largest absolute Gasteiger partial charge is 0.478 e. The number of hydrogen-bond donors (Lipinski definition) is 1. The van der Waals surface area contributed by atoms with Crippen LogP contribution in [0.4, 0.5) is 0 Å². The molecular formula is C16H13ClN2O3. The van der Waals surface area contributed by atoms with Crippen LogP contribution in [0.25, 0.3) is 0 Å². The standard InChI is InChI=1S/C16H13ClN2O3/c17-11-3-1-10(2-4-11)15(20)19-8-6-14-13(9-19)12(16(21)22)5-7-18-14/h1-5,7H,6,8-9H2,(H,21,22). The van der Waals surface area contributed by atoms with Gasteiger partial charge >= 0.3 is 5.97 Å². The highest BCUT2D eigenvalue weighted by molar-refractivity contribution is 6.30. The van der Waals surface area contributed by atoms with Gasteiger partial charge in [0.15, 0.2) is 0 Å². The highest BCUT2D eigenvalue weighted by atomic mass is 35.5. The predicted octanol–water partition coefficient (Wildman–Crippen LogP) is 2.63. The van der Waals surface area contributed by atoms with Crippen LogP contribution in [-0.2, 0) is 13.0 Å². The minimum absolute atomic E-state index is 0.137. The summed E-state index contributed by atoms with van der Waals surface area (Å²) >= 11 is 5.83. The molecule has 2 aromatic rings. The lowest BCUT2D eigenvalue weighted by Gasteiger charge is -2.29. The van der Waals surface area contributed by atoms with E-state index in [1.54, 1.807) is 29.2 Å². The van der Waals surface area contributed by atoms with Gasteiger partial charge in [-0.1, -0.05) is 11.6 Å². The number of rotatable bonds is 2. The molecule has 0 spiro atoms. The minimum atomic E-state index is -1.00. The first kappa shape index (κ1) is 14.5. The van der Waals surface area contributed by atoms with Crippen molar-refractivity contribution in [3.05, 3.63) is 63.9 Å². The lowest BCUT2D eigenvalue weighted by Crippen LogP contribution is -2.37. The Morgan fingerprint density at radius 3 is 2.59 bits per heavy atom. The molecule has 1 N–H and O–H groups in total. The number of nitrogens with zero attached hydrogens (tertiary/aromatic N) is 2. The third-order valence-corrected chi connectivity index (χ3v) is 3.97. The number of amides is 1. The van der Waals surface area contributed by atoms with E-state index in [4.69, 9.17) is 11.6 Å². The van der Waals surface area contributed by atoms with Gasteiger partial charge in [-0.2, -0.15) is 0 Å². The second-order valence-corrected chi connectivity index (χ2v) is 5.51. The lowest BCUT2D eigenvalue weighted by atomic mass is 9.99. The molecule has 0 saturated heterocycles. The van der Waals surface area contributed by atoms with Crippen LogP contribution in [0, 0.1) is 0 Å². The van der Waals surface area contributed by atoms with Gasteiger partial charge in [-0.25, -0.2) is 4.79 Å². The molecule has 1 aliphatic heterocycles. The van der Waals surface area contributed by atoms with Crippen LogP contribution in [-0.4, -0.2) is 33.4 Å². The Kier molecular flexibility index (Phi) is 3.81. The molecule has 1 amide bonds. The summed E-state index contributed by atoms with van der Waals surface area (Å²) in [7, 11) is 0. The third-order valence-electron chi connectivity index (χ3n) is 3.72. The number of aromatic carboxylic acids is 1. The number of halogens is 1. The summed E-state index contributed by atoms with van der Waals surface area (Å²) in [5.74, 6) is -1.14. The number of carbonyl (C=O) groups excluding carboxylic acids is 1. The molecule has 1 aromatic carbocycles. The molecule has 22 heavy (non-hydrogen) atoms. The van der Waals surface area contributed by atoms with Gasteiger partial charge in [0.2, 0.25) is 0 Å². The zero-order valence-corrected chi connectivity index (χ0v) is 12.4. The maximum absolute atomic E-state index is 12.5. The molecule has 0 atom stereocenters. The second kappa shape index (κ2) is 5.77. The Hall–Kier alpha value is -2.40. The third kappa shape index (κ3) is 2.67. The van der Waals surface area contributed by atoms with E-state index in [0.717, 1.165) is 5.69 Å².